The van der Waals surface area contributed by atoms with Gasteiger partial charge in [-0.2, -0.15) is 0 Å². The first-order valence-corrected chi connectivity index (χ1v) is 3.58. The highest BCUT2D eigenvalue weighted by molar-refractivity contribution is 5.24. The maximum absolute atomic E-state index is 2.44. The fourth-order valence-electron chi connectivity index (χ4n) is 2.04. The minimum atomic E-state index is 0.924. The van der Waals surface area contributed by atoms with Gasteiger partial charge < -0.3 is 0 Å². The van der Waals surface area contributed by atoms with Crippen LogP contribution in [0.4, 0.5) is 0 Å². The number of fused-ring (bicyclic) bond motifs is 1. The minimum absolute atomic E-state index is 0.924. The number of allylic oxidation sites excluding steroid dienone is 2. The van der Waals surface area contributed by atoms with Crippen molar-refractivity contribution in [1.82, 2.24) is 0 Å². The van der Waals surface area contributed by atoms with E-state index in [2.05, 4.69) is 13.0 Å². The van der Waals surface area contributed by atoms with Crippen molar-refractivity contribution < 1.29 is 0 Å². The van der Waals surface area contributed by atoms with E-state index in [1.54, 1.807) is 5.57 Å². The Morgan fingerprint density at radius 1 is 1.62 bits per heavy atom. The lowest BCUT2D eigenvalue weighted by molar-refractivity contribution is 0.443. The first kappa shape index (κ1) is 4.60. The van der Waals surface area contributed by atoms with E-state index in [9.17, 15) is 0 Å². The predicted octanol–water partition coefficient (Wildman–Crippen LogP) is 2.36. The van der Waals surface area contributed by atoms with Crippen molar-refractivity contribution >= 4 is 0 Å². The first-order valence-electron chi connectivity index (χ1n) is 3.58. The van der Waals surface area contributed by atoms with E-state index in [1.807, 2.05) is 0 Å². The van der Waals surface area contributed by atoms with Crippen LogP contribution in [0.2, 0.25) is 0 Å². The Balaban J connectivity index is 2.20. The summed E-state index contributed by atoms with van der Waals surface area (Å²) in [4.78, 5) is 0. The molecule has 2 aliphatic carbocycles. The summed E-state index contributed by atoms with van der Waals surface area (Å²) in [5.74, 6) is 1.95. The summed E-state index contributed by atoms with van der Waals surface area (Å²) in [6, 6.07) is 0. The molecule has 0 radical (unpaired) electrons. The minimum Gasteiger partial charge on any atom is -0.0816 e. The molecule has 2 aliphatic rings. The molecule has 2 atom stereocenters. The molecule has 2 unspecified atom stereocenters. The molecule has 0 saturated heterocycles. The highest BCUT2D eigenvalue weighted by atomic mass is 14.4. The van der Waals surface area contributed by atoms with E-state index in [-0.39, 0.29) is 0 Å². The third-order valence-electron chi connectivity index (χ3n) is 2.57. The third kappa shape index (κ3) is 0.410. The van der Waals surface area contributed by atoms with Crippen molar-refractivity contribution in [2.75, 3.05) is 0 Å². The average molecular weight is 108 g/mol. The normalized spacial score (nSPS) is 42.9. The van der Waals surface area contributed by atoms with Gasteiger partial charge in [-0.3, -0.25) is 0 Å². The Morgan fingerprint density at radius 2 is 2.50 bits per heavy atom. The van der Waals surface area contributed by atoms with Crippen LogP contribution in [0.5, 0.6) is 0 Å². The van der Waals surface area contributed by atoms with Crippen LogP contribution in [-0.4, -0.2) is 0 Å². The Labute approximate surface area is 50.6 Å². The molecule has 0 spiro atoms. The van der Waals surface area contributed by atoms with Crippen LogP contribution in [-0.2, 0) is 0 Å². The highest BCUT2D eigenvalue weighted by Gasteiger charge is 2.31. The Morgan fingerprint density at radius 3 is 3.00 bits per heavy atom. The number of hydrogen-bond donors (Lipinski definition) is 0. The lowest BCUT2D eigenvalue weighted by atomic mass is 9.78. The van der Waals surface area contributed by atoms with E-state index in [4.69, 9.17) is 0 Å². The van der Waals surface area contributed by atoms with Gasteiger partial charge in [-0.1, -0.05) is 18.6 Å². The number of rotatable bonds is 0. The quantitative estimate of drug-likeness (QED) is 0.418. The Kier molecular flexibility index (Phi) is 0.787. The lowest BCUT2D eigenvalue weighted by Gasteiger charge is -2.27. The second kappa shape index (κ2) is 1.37. The lowest BCUT2D eigenvalue weighted by Crippen LogP contribution is -2.16. The summed E-state index contributed by atoms with van der Waals surface area (Å²) in [5, 5.41) is 0. The van der Waals surface area contributed by atoms with Gasteiger partial charge in [0.2, 0.25) is 0 Å². The van der Waals surface area contributed by atoms with Crippen molar-refractivity contribution in [2.24, 2.45) is 11.8 Å². The van der Waals surface area contributed by atoms with Crippen molar-refractivity contribution in [1.29, 1.82) is 0 Å². The van der Waals surface area contributed by atoms with Crippen LogP contribution < -0.4 is 0 Å². The van der Waals surface area contributed by atoms with E-state index in [0.29, 0.717) is 0 Å². The van der Waals surface area contributed by atoms with Gasteiger partial charge in [0, 0.05) is 0 Å². The molecule has 0 N–H and O–H groups in total. The Hall–Kier alpha value is -0.260. The fourth-order valence-corrected chi connectivity index (χ4v) is 2.04. The molecule has 0 aliphatic heterocycles. The second-order valence-corrected chi connectivity index (χ2v) is 3.10. The van der Waals surface area contributed by atoms with Crippen molar-refractivity contribution in [3.05, 3.63) is 11.6 Å². The third-order valence-corrected chi connectivity index (χ3v) is 2.57. The zero-order valence-corrected chi connectivity index (χ0v) is 5.35. The van der Waals surface area contributed by atoms with Gasteiger partial charge in [0.25, 0.3) is 0 Å². The van der Waals surface area contributed by atoms with E-state index in [0.717, 1.165) is 11.8 Å². The topological polar surface area (TPSA) is 0 Å². The molecule has 0 amide bonds. The van der Waals surface area contributed by atoms with Gasteiger partial charge >= 0.3 is 0 Å². The van der Waals surface area contributed by atoms with E-state index in [1.165, 1.54) is 19.3 Å². The SMILES string of the molecule is CC1C=C2CCCC21. The molecule has 1 saturated carbocycles. The average Bonchev–Trinajstić information content (AvgIpc) is 2.09. The summed E-state index contributed by atoms with van der Waals surface area (Å²) < 4.78 is 0. The van der Waals surface area contributed by atoms with Gasteiger partial charge in [0.15, 0.2) is 0 Å². The largest absolute Gasteiger partial charge is 0.0816 e. The van der Waals surface area contributed by atoms with Gasteiger partial charge in [-0.05, 0) is 31.1 Å². The monoisotopic (exact) mass is 108 g/mol. The van der Waals surface area contributed by atoms with Crippen LogP contribution in [0, 0.1) is 11.8 Å². The molecule has 2 rings (SSSR count). The van der Waals surface area contributed by atoms with E-state index < -0.39 is 0 Å². The number of hydrogen-bond acceptors (Lipinski definition) is 0. The van der Waals surface area contributed by atoms with Crippen LogP contribution in [0.1, 0.15) is 26.2 Å². The van der Waals surface area contributed by atoms with Crippen LogP contribution >= 0.6 is 0 Å². The summed E-state index contributed by atoms with van der Waals surface area (Å²) in [7, 11) is 0. The van der Waals surface area contributed by atoms with Gasteiger partial charge in [-0.15, -0.1) is 0 Å². The van der Waals surface area contributed by atoms with Crippen molar-refractivity contribution in [2.45, 2.75) is 26.2 Å². The maximum atomic E-state index is 2.44. The summed E-state index contributed by atoms with van der Waals surface area (Å²) >= 11 is 0. The first-order chi connectivity index (χ1) is 3.88. The molecule has 1 fully saturated rings. The highest BCUT2D eigenvalue weighted by Crippen LogP contribution is 2.44. The van der Waals surface area contributed by atoms with Gasteiger partial charge in [0.05, 0.1) is 0 Å². The van der Waals surface area contributed by atoms with E-state index >= 15 is 0 Å². The van der Waals surface area contributed by atoms with Crippen molar-refractivity contribution in [3.8, 4) is 0 Å². The zero-order valence-electron chi connectivity index (χ0n) is 5.35. The van der Waals surface area contributed by atoms with Crippen LogP contribution in [0.25, 0.3) is 0 Å². The molecular formula is C8H12. The van der Waals surface area contributed by atoms with Gasteiger partial charge in [-0.25, -0.2) is 0 Å². The molecule has 0 aromatic carbocycles. The molecular weight excluding hydrogens is 96.1 g/mol. The summed E-state index contributed by atoms with van der Waals surface area (Å²) in [6.45, 7) is 2.33. The fraction of sp³-hybridized carbons (Fsp3) is 0.750. The molecule has 0 aromatic heterocycles. The second-order valence-electron chi connectivity index (χ2n) is 3.10. The molecule has 0 heteroatoms. The molecule has 44 valence electrons. The molecule has 8 heavy (non-hydrogen) atoms. The smallest absolute Gasteiger partial charge is 0.0143 e. The maximum Gasteiger partial charge on any atom is -0.0143 e. The predicted molar refractivity (Wildman–Crippen MR) is 34.6 cm³/mol. The van der Waals surface area contributed by atoms with Crippen molar-refractivity contribution in [3.63, 3.8) is 0 Å². The standard InChI is InChI=1S/C8H12/c1-6-5-7-3-2-4-8(6)7/h5-6,8H,2-4H2,1H3. The molecule has 0 aromatic rings. The Bertz CT molecular complexity index is 133. The summed E-state index contributed by atoms with van der Waals surface area (Å²) in [5.41, 5.74) is 1.76. The van der Waals surface area contributed by atoms with Crippen LogP contribution in [0.15, 0.2) is 11.6 Å². The molecule has 0 bridgehead atoms. The summed E-state index contributed by atoms with van der Waals surface area (Å²) in [6.07, 6.45) is 6.79. The zero-order chi connectivity index (χ0) is 5.56. The van der Waals surface area contributed by atoms with Crippen LogP contribution in [0.3, 0.4) is 0 Å². The molecule has 0 heterocycles. The van der Waals surface area contributed by atoms with Gasteiger partial charge in [0.1, 0.15) is 0 Å². The molecule has 0 nitrogen and oxygen atoms in total.